The quantitative estimate of drug-likeness (QED) is 0.520. The molecule has 0 saturated carbocycles. The van der Waals surface area contributed by atoms with E-state index in [2.05, 4.69) is 10.1 Å². The van der Waals surface area contributed by atoms with Crippen molar-refractivity contribution in [2.45, 2.75) is 6.54 Å². The zero-order chi connectivity index (χ0) is 14.5. The van der Waals surface area contributed by atoms with Gasteiger partial charge in [-0.15, -0.1) is 11.3 Å². The lowest BCUT2D eigenvalue weighted by atomic mass is 10.1. The van der Waals surface area contributed by atoms with E-state index in [1.54, 1.807) is 11.3 Å². The Morgan fingerprint density at radius 1 is 1.45 bits per heavy atom. The van der Waals surface area contributed by atoms with E-state index in [0.717, 1.165) is 4.88 Å². The van der Waals surface area contributed by atoms with Crippen LogP contribution < -0.4 is 5.32 Å². The van der Waals surface area contributed by atoms with E-state index in [0.29, 0.717) is 12.2 Å². The zero-order valence-corrected chi connectivity index (χ0v) is 11.5. The van der Waals surface area contributed by atoms with Gasteiger partial charge >= 0.3 is 5.97 Å². The van der Waals surface area contributed by atoms with Gasteiger partial charge < -0.3 is 10.1 Å². The molecule has 0 spiro atoms. The van der Waals surface area contributed by atoms with Crippen LogP contribution in [0.25, 0.3) is 0 Å². The molecule has 6 nitrogen and oxygen atoms in total. The SMILES string of the molecule is COC(=O)c1ccc(NCc2cccs2)c([N+](=O)[O-])c1. The largest absolute Gasteiger partial charge is 0.465 e. The minimum Gasteiger partial charge on any atom is -0.465 e. The number of carbonyl (C=O) groups excluding carboxylic acids is 1. The molecule has 7 heteroatoms. The highest BCUT2D eigenvalue weighted by Crippen LogP contribution is 2.26. The lowest BCUT2D eigenvalue weighted by Gasteiger charge is -2.07. The van der Waals surface area contributed by atoms with Crippen LogP contribution in [0, 0.1) is 10.1 Å². The summed E-state index contributed by atoms with van der Waals surface area (Å²) in [6, 6.07) is 8.07. The molecule has 1 aromatic carbocycles. The molecule has 2 aromatic rings. The number of thiophene rings is 1. The maximum absolute atomic E-state index is 11.4. The van der Waals surface area contributed by atoms with Crippen molar-refractivity contribution in [3.8, 4) is 0 Å². The second-order valence-corrected chi connectivity index (χ2v) is 4.95. The molecule has 0 radical (unpaired) electrons. The van der Waals surface area contributed by atoms with Crippen molar-refractivity contribution in [2.24, 2.45) is 0 Å². The van der Waals surface area contributed by atoms with Gasteiger partial charge in [0.1, 0.15) is 5.69 Å². The van der Waals surface area contributed by atoms with Gasteiger partial charge in [0.25, 0.3) is 5.69 Å². The van der Waals surface area contributed by atoms with Gasteiger partial charge in [-0.25, -0.2) is 4.79 Å². The van der Waals surface area contributed by atoms with E-state index in [1.807, 2.05) is 17.5 Å². The normalized spacial score (nSPS) is 10.1. The fourth-order valence-electron chi connectivity index (χ4n) is 1.67. The van der Waals surface area contributed by atoms with Crippen LogP contribution in [0.3, 0.4) is 0 Å². The first kappa shape index (κ1) is 14.0. The molecule has 0 saturated heterocycles. The van der Waals surface area contributed by atoms with Crippen LogP contribution in [-0.4, -0.2) is 18.0 Å². The summed E-state index contributed by atoms with van der Waals surface area (Å²) in [4.78, 5) is 23.0. The van der Waals surface area contributed by atoms with Crippen molar-refractivity contribution < 1.29 is 14.5 Å². The molecule has 1 N–H and O–H groups in total. The fourth-order valence-corrected chi connectivity index (χ4v) is 2.32. The third-order valence-electron chi connectivity index (χ3n) is 2.65. The van der Waals surface area contributed by atoms with E-state index >= 15 is 0 Å². The summed E-state index contributed by atoms with van der Waals surface area (Å²) in [7, 11) is 1.23. The molecule has 0 atom stereocenters. The summed E-state index contributed by atoms with van der Waals surface area (Å²) in [5.74, 6) is -0.599. The first-order chi connectivity index (χ1) is 9.61. The topological polar surface area (TPSA) is 81.5 Å². The van der Waals surface area contributed by atoms with Crippen molar-refractivity contribution in [3.63, 3.8) is 0 Å². The maximum atomic E-state index is 11.4. The highest BCUT2D eigenvalue weighted by Gasteiger charge is 2.17. The van der Waals surface area contributed by atoms with Crippen LogP contribution in [-0.2, 0) is 11.3 Å². The molecule has 0 bridgehead atoms. The molecule has 104 valence electrons. The zero-order valence-electron chi connectivity index (χ0n) is 10.7. The molecular formula is C13H12N2O4S. The molecule has 2 rings (SSSR count). The number of nitro benzene ring substituents is 1. The van der Waals surface area contributed by atoms with Crippen LogP contribution in [0.1, 0.15) is 15.2 Å². The lowest BCUT2D eigenvalue weighted by molar-refractivity contribution is -0.384. The average molecular weight is 292 g/mol. The number of benzene rings is 1. The van der Waals surface area contributed by atoms with Gasteiger partial charge in [-0.3, -0.25) is 10.1 Å². The van der Waals surface area contributed by atoms with E-state index in [-0.39, 0.29) is 11.3 Å². The summed E-state index contributed by atoms with van der Waals surface area (Å²) < 4.78 is 4.55. The number of hydrogen-bond donors (Lipinski definition) is 1. The first-order valence-corrected chi connectivity index (χ1v) is 6.63. The van der Waals surface area contributed by atoms with Crippen molar-refractivity contribution in [1.29, 1.82) is 0 Å². The molecule has 1 aromatic heterocycles. The minimum absolute atomic E-state index is 0.149. The smallest absolute Gasteiger partial charge is 0.338 e. The number of nitro groups is 1. The van der Waals surface area contributed by atoms with Crippen LogP contribution in [0.5, 0.6) is 0 Å². The average Bonchev–Trinajstić information content (AvgIpc) is 2.97. The van der Waals surface area contributed by atoms with Crippen LogP contribution >= 0.6 is 11.3 Å². The van der Waals surface area contributed by atoms with Crippen molar-refractivity contribution >= 4 is 28.7 Å². The maximum Gasteiger partial charge on any atom is 0.338 e. The molecule has 0 aliphatic carbocycles. The standard InChI is InChI=1S/C13H12N2O4S/c1-19-13(16)9-4-5-11(12(7-9)15(17)18)14-8-10-3-2-6-20-10/h2-7,14H,8H2,1H3. The Labute approximate surface area is 119 Å². The number of methoxy groups -OCH3 is 1. The Bertz CT molecular complexity index is 625. The third-order valence-corrected chi connectivity index (χ3v) is 3.53. The molecule has 0 unspecified atom stereocenters. The molecule has 0 aliphatic heterocycles. The monoisotopic (exact) mass is 292 g/mol. The number of carbonyl (C=O) groups is 1. The highest BCUT2D eigenvalue weighted by atomic mass is 32.1. The fraction of sp³-hybridized carbons (Fsp3) is 0.154. The van der Waals surface area contributed by atoms with Gasteiger partial charge in [-0.2, -0.15) is 0 Å². The Morgan fingerprint density at radius 3 is 2.85 bits per heavy atom. The highest BCUT2D eigenvalue weighted by molar-refractivity contribution is 7.09. The summed E-state index contributed by atoms with van der Waals surface area (Å²) in [6.45, 7) is 0.496. The van der Waals surface area contributed by atoms with Crippen molar-refractivity contribution in [2.75, 3.05) is 12.4 Å². The van der Waals surface area contributed by atoms with Gasteiger partial charge in [-0.05, 0) is 23.6 Å². The summed E-state index contributed by atoms with van der Waals surface area (Å²) in [6.07, 6.45) is 0. The molecule has 1 heterocycles. The van der Waals surface area contributed by atoms with Gasteiger partial charge in [-0.1, -0.05) is 6.07 Å². The number of hydrogen-bond acceptors (Lipinski definition) is 6. The van der Waals surface area contributed by atoms with Crippen LogP contribution in [0.4, 0.5) is 11.4 Å². The number of anilines is 1. The number of nitrogens with one attached hydrogen (secondary N) is 1. The lowest BCUT2D eigenvalue weighted by Crippen LogP contribution is -2.05. The van der Waals surface area contributed by atoms with Crippen LogP contribution in [0.15, 0.2) is 35.7 Å². The van der Waals surface area contributed by atoms with E-state index in [4.69, 9.17) is 0 Å². The van der Waals surface area contributed by atoms with Gasteiger partial charge in [0.2, 0.25) is 0 Å². The predicted octanol–water partition coefficient (Wildman–Crippen LogP) is 3.06. The number of ether oxygens (including phenoxy) is 1. The number of rotatable bonds is 5. The van der Waals surface area contributed by atoms with E-state index < -0.39 is 10.9 Å². The minimum atomic E-state index is -0.599. The van der Waals surface area contributed by atoms with Crippen LogP contribution in [0.2, 0.25) is 0 Å². The van der Waals surface area contributed by atoms with Crippen molar-refractivity contribution in [3.05, 3.63) is 56.3 Å². The summed E-state index contributed by atoms with van der Waals surface area (Å²) in [5, 5.41) is 16.0. The van der Waals surface area contributed by atoms with E-state index in [9.17, 15) is 14.9 Å². The first-order valence-electron chi connectivity index (χ1n) is 5.75. The Kier molecular flexibility index (Phi) is 4.31. The second kappa shape index (κ2) is 6.16. The number of nitrogens with zero attached hydrogens (tertiary/aromatic N) is 1. The molecule has 20 heavy (non-hydrogen) atoms. The van der Waals surface area contributed by atoms with Crippen molar-refractivity contribution in [1.82, 2.24) is 0 Å². The van der Waals surface area contributed by atoms with Gasteiger partial charge in [0.05, 0.1) is 17.6 Å². The molecular weight excluding hydrogens is 280 g/mol. The predicted molar refractivity (Wildman–Crippen MR) is 76.1 cm³/mol. The van der Waals surface area contributed by atoms with E-state index in [1.165, 1.54) is 25.3 Å². The second-order valence-electron chi connectivity index (χ2n) is 3.91. The summed E-state index contributed by atoms with van der Waals surface area (Å²) >= 11 is 1.56. The Balaban J connectivity index is 2.23. The van der Waals surface area contributed by atoms with Gasteiger partial charge in [0, 0.05) is 17.5 Å². The van der Waals surface area contributed by atoms with Gasteiger partial charge in [0.15, 0.2) is 0 Å². The molecule has 0 fully saturated rings. The Morgan fingerprint density at radius 2 is 2.25 bits per heavy atom. The molecule has 0 amide bonds. The molecule has 0 aliphatic rings. The summed E-state index contributed by atoms with van der Waals surface area (Å²) in [5.41, 5.74) is 0.376. The number of esters is 1. The Hall–Kier alpha value is -2.41. The third kappa shape index (κ3) is 3.12.